The number of ether oxygens (including phenoxy) is 2. The molecule has 8 rings (SSSR count). The molecule has 2 unspecified atom stereocenters. The van der Waals surface area contributed by atoms with Gasteiger partial charge in [-0.2, -0.15) is 23.1 Å². The van der Waals surface area contributed by atoms with Crippen molar-refractivity contribution in [3.63, 3.8) is 0 Å². The maximum atomic E-state index is 17.0. The summed E-state index contributed by atoms with van der Waals surface area (Å²) in [6, 6.07) is 2.39. The summed E-state index contributed by atoms with van der Waals surface area (Å²) < 4.78 is 103. The number of rotatable bonds is 6. The molecule has 1 aliphatic carbocycles. The van der Waals surface area contributed by atoms with E-state index in [9.17, 15) is 22.0 Å². The molecule has 8 nitrogen and oxygen atoms in total. The first kappa shape index (κ1) is 33.3. The second kappa shape index (κ2) is 12.1. The van der Waals surface area contributed by atoms with E-state index in [0.717, 1.165) is 57.0 Å². The highest BCUT2D eigenvalue weighted by molar-refractivity contribution is 7.23. The van der Waals surface area contributed by atoms with Crippen molar-refractivity contribution in [2.75, 3.05) is 38.5 Å². The van der Waals surface area contributed by atoms with Crippen molar-refractivity contribution in [2.45, 2.75) is 75.4 Å². The molecule has 5 heterocycles. The summed E-state index contributed by atoms with van der Waals surface area (Å²) in [6.07, 6.45) is -0.671. The Bertz CT molecular complexity index is 2030. The van der Waals surface area contributed by atoms with Gasteiger partial charge in [0.15, 0.2) is 5.82 Å². The molecule has 4 fully saturated rings. The number of nitrogens with two attached hydrogens (primary N) is 1. The molecule has 3 saturated heterocycles. The molecule has 0 radical (unpaired) electrons. The molecule has 264 valence electrons. The maximum absolute atomic E-state index is 17.0. The van der Waals surface area contributed by atoms with Crippen molar-refractivity contribution in [1.29, 1.82) is 0 Å². The van der Waals surface area contributed by atoms with Gasteiger partial charge in [0.05, 0.1) is 32.8 Å². The van der Waals surface area contributed by atoms with Gasteiger partial charge in [0.2, 0.25) is 11.6 Å². The Morgan fingerprint density at radius 1 is 1.14 bits per heavy atom. The van der Waals surface area contributed by atoms with Gasteiger partial charge in [-0.15, -0.1) is 11.3 Å². The lowest BCUT2D eigenvalue weighted by atomic mass is 9.72. The van der Waals surface area contributed by atoms with Crippen LogP contribution in [0.1, 0.15) is 56.9 Å². The quantitative estimate of drug-likeness (QED) is 0.154. The van der Waals surface area contributed by atoms with Gasteiger partial charge in [-0.05, 0) is 81.1 Å². The first-order valence-electron chi connectivity index (χ1n) is 16.8. The molecular formula is C35H34F6N6O2S. The van der Waals surface area contributed by atoms with Crippen LogP contribution in [-0.2, 0) is 6.18 Å². The molecule has 2 aromatic heterocycles. The van der Waals surface area contributed by atoms with Crippen LogP contribution in [0.25, 0.3) is 37.0 Å². The summed E-state index contributed by atoms with van der Waals surface area (Å²) in [4.78, 5) is 14.1. The van der Waals surface area contributed by atoms with Crippen molar-refractivity contribution in [3.05, 3.63) is 46.8 Å². The van der Waals surface area contributed by atoms with Crippen LogP contribution in [0, 0.1) is 23.6 Å². The molecule has 50 heavy (non-hydrogen) atoms. The topological polar surface area (TPSA) is 89.9 Å². The smallest absolute Gasteiger partial charge is 0.417 e. The van der Waals surface area contributed by atoms with Gasteiger partial charge in [0, 0.05) is 30.5 Å². The Hall–Kier alpha value is -3.87. The van der Waals surface area contributed by atoms with Crippen molar-refractivity contribution < 1.29 is 35.8 Å². The Morgan fingerprint density at radius 3 is 2.66 bits per heavy atom. The number of alkyl halides is 4. The van der Waals surface area contributed by atoms with Crippen LogP contribution in [0.5, 0.6) is 11.9 Å². The van der Waals surface area contributed by atoms with Gasteiger partial charge in [-0.3, -0.25) is 4.90 Å². The van der Waals surface area contributed by atoms with E-state index < -0.39 is 46.2 Å². The average Bonchev–Trinajstić information content (AvgIpc) is 3.84. The standard InChI is InChI=1S/C35H34F6N6O2S/c1-43-28-25-20(3-4-23(37)29(25)50-30(28)42)24-22(35(39,40)41)13-21-27(26(24)38)45-32(48-17-34-7-2-12-47(34)15-18(36)14-34)46-31(21)49-19-5-8-33(9-6-19)10-11-44-16-33/h3-4,13,18-19,44H,2,5-12,14-17,42H2. The van der Waals surface area contributed by atoms with E-state index in [4.69, 9.17) is 21.8 Å². The maximum Gasteiger partial charge on any atom is 0.417 e. The van der Waals surface area contributed by atoms with Gasteiger partial charge < -0.3 is 20.5 Å². The number of halogens is 6. The molecular weight excluding hydrogens is 682 g/mol. The van der Waals surface area contributed by atoms with Crippen molar-refractivity contribution in [2.24, 2.45) is 5.41 Å². The first-order valence-corrected chi connectivity index (χ1v) is 17.6. The molecule has 1 saturated carbocycles. The van der Waals surface area contributed by atoms with Crippen LogP contribution in [-0.4, -0.2) is 65.5 Å². The molecule has 0 bridgehead atoms. The summed E-state index contributed by atoms with van der Waals surface area (Å²) >= 11 is 0.704. The molecule has 1 spiro atoms. The summed E-state index contributed by atoms with van der Waals surface area (Å²) in [5, 5.41) is 2.79. The molecule has 0 amide bonds. The summed E-state index contributed by atoms with van der Waals surface area (Å²) in [6.45, 7) is 10.4. The van der Waals surface area contributed by atoms with Crippen molar-refractivity contribution >= 4 is 43.0 Å². The molecule has 4 aromatic rings. The number of anilines is 1. The van der Waals surface area contributed by atoms with Crippen LogP contribution in [0.2, 0.25) is 0 Å². The highest BCUT2D eigenvalue weighted by Crippen LogP contribution is 2.51. The molecule has 2 aromatic carbocycles. The van der Waals surface area contributed by atoms with Crippen LogP contribution in [0.4, 0.5) is 37.0 Å². The third-order valence-electron chi connectivity index (χ3n) is 11.2. The second-order valence-corrected chi connectivity index (χ2v) is 15.2. The molecule has 3 N–H and O–H groups in total. The number of benzene rings is 2. The molecule has 2 atom stereocenters. The van der Waals surface area contributed by atoms with Crippen molar-refractivity contribution in [3.8, 4) is 23.0 Å². The lowest BCUT2D eigenvalue weighted by molar-refractivity contribution is -0.137. The lowest BCUT2D eigenvalue weighted by Gasteiger charge is -2.36. The van der Waals surface area contributed by atoms with E-state index in [-0.39, 0.29) is 74.7 Å². The van der Waals surface area contributed by atoms with E-state index in [1.165, 1.54) is 0 Å². The molecule has 15 heteroatoms. The minimum Gasteiger partial charge on any atom is -0.474 e. The van der Waals surface area contributed by atoms with Gasteiger partial charge >= 0.3 is 12.2 Å². The minimum atomic E-state index is -5.08. The van der Waals surface area contributed by atoms with Gasteiger partial charge in [-0.25, -0.2) is 18.0 Å². The molecule has 3 aliphatic heterocycles. The number of aromatic nitrogens is 2. The third-order valence-corrected chi connectivity index (χ3v) is 12.2. The van der Waals surface area contributed by atoms with Crippen LogP contribution in [0.15, 0.2) is 18.2 Å². The fourth-order valence-corrected chi connectivity index (χ4v) is 9.60. The van der Waals surface area contributed by atoms with E-state index in [2.05, 4.69) is 20.1 Å². The minimum absolute atomic E-state index is 0.00750. The Morgan fingerprint density at radius 2 is 1.94 bits per heavy atom. The Balaban J connectivity index is 1.27. The fraction of sp³-hybridized carbons (Fsp3) is 0.514. The summed E-state index contributed by atoms with van der Waals surface area (Å²) in [5.74, 6) is -2.40. The zero-order valence-corrected chi connectivity index (χ0v) is 27.8. The Kier molecular flexibility index (Phi) is 8.07. The van der Waals surface area contributed by atoms with Gasteiger partial charge in [-0.1, -0.05) is 6.07 Å². The van der Waals surface area contributed by atoms with Crippen LogP contribution in [0.3, 0.4) is 0 Å². The predicted octanol–water partition coefficient (Wildman–Crippen LogP) is 8.20. The highest BCUT2D eigenvalue weighted by Gasteiger charge is 2.49. The molecule has 4 aliphatic rings. The Labute approximate surface area is 287 Å². The summed E-state index contributed by atoms with van der Waals surface area (Å²) in [7, 11) is 0. The van der Waals surface area contributed by atoms with E-state index in [1.54, 1.807) is 0 Å². The number of nitrogens with zero attached hydrogens (tertiary/aromatic N) is 4. The number of fused-ring (bicyclic) bond motifs is 3. The SMILES string of the molecule is [C-]#[N+]c1c(N)sc2c(F)ccc(-c3c(C(F)(F)F)cc4c(OC5CCC6(CCNC6)CC5)nc(OCC56CCCN5CC(F)C6)nc4c3F)c12. The fourth-order valence-electron chi connectivity index (χ4n) is 8.66. The first-order chi connectivity index (χ1) is 23.9. The lowest BCUT2D eigenvalue weighted by Crippen LogP contribution is -2.43. The zero-order valence-electron chi connectivity index (χ0n) is 26.9. The highest BCUT2D eigenvalue weighted by atomic mass is 32.1. The largest absolute Gasteiger partial charge is 0.474 e. The van der Waals surface area contributed by atoms with Gasteiger partial charge in [0.25, 0.3) is 0 Å². The summed E-state index contributed by atoms with van der Waals surface area (Å²) in [5.41, 5.74) is 2.16. The van der Waals surface area contributed by atoms with E-state index >= 15 is 4.39 Å². The van der Waals surface area contributed by atoms with Crippen LogP contribution >= 0.6 is 11.3 Å². The predicted molar refractivity (Wildman–Crippen MR) is 177 cm³/mol. The van der Waals surface area contributed by atoms with Crippen LogP contribution < -0.4 is 20.5 Å². The third kappa shape index (κ3) is 5.50. The number of nitrogen functional groups attached to an aromatic ring is 1. The number of thiophene rings is 1. The van der Waals surface area contributed by atoms with Gasteiger partial charge in [0.1, 0.15) is 30.2 Å². The van der Waals surface area contributed by atoms with E-state index in [1.807, 2.05) is 4.90 Å². The van der Waals surface area contributed by atoms with E-state index in [0.29, 0.717) is 37.1 Å². The van der Waals surface area contributed by atoms with Crippen molar-refractivity contribution in [1.82, 2.24) is 20.2 Å². The number of hydrogen-bond acceptors (Lipinski definition) is 8. The normalized spacial score (nSPS) is 27.0. The number of hydrogen-bond donors (Lipinski definition) is 2. The second-order valence-electron chi connectivity index (χ2n) is 14.2. The zero-order chi connectivity index (χ0) is 35.0. The average molecular weight is 717 g/mol. The number of nitrogens with one attached hydrogen (secondary N) is 1. The monoisotopic (exact) mass is 716 g/mol.